The van der Waals surface area contributed by atoms with Gasteiger partial charge in [0.05, 0.1) is 40.5 Å². The molecule has 2 aromatic rings. The van der Waals surface area contributed by atoms with E-state index in [-0.39, 0.29) is 23.5 Å². The van der Waals surface area contributed by atoms with Gasteiger partial charge in [0, 0.05) is 43.5 Å². The Morgan fingerprint density at radius 3 is 2.81 bits per heavy atom. The predicted molar refractivity (Wildman–Crippen MR) is 115 cm³/mol. The molecule has 11 heteroatoms. The largest absolute Gasteiger partial charge is 0.384 e. The van der Waals surface area contributed by atoms with Crippen LogP contribution in [0.2, 0.25) is 0 Å². The Labute approximate surface area is 183 Å². The predicted octanol–water partition coefficient (Wildman–Crippen LogP) is 1.57. The molecule has 2 aromatic heterocycles. The van der Waals surface area contributed by atoms with Crippen LogP contribution in [0, 0.1) is 17.3 Å². The monoisotopic (exact) mass is 442 g/mol. The fraction of sp³-hybridized carbons (Fsp3) is 0.350. The maximum absolute atomic E-state index is 13.3. The fourth-order valence-electron chi connectivity index (χ4n) is 3.37. The highest BCUT2D eigenvalue weighted by Gasteiger charge is 2.34. The van der Waals surface area contributed by atoms with Crippen molar-refractivity contribution in [1.29, 1.82) is 5.26 Å². The van der Waals surface area contributed by atoms with E-state index in [1.54, 1.807) is 11.3 Å². The number of thiazole rings is 1. The fourth-order valence-corrected chi connectivity index (χ4v) is 3.91. The maximum Gasteiger partial charge on any atom is 0.253 e. The van der Waals surface area contributed by atoms with Crippen LogP contribution in [0.4, 0.5) is 10.1 Å². The third-order valence-electron chi connectivity index (χ3n) is 5.12. The number of nitrogens with zero attached hydrogens (tertiary/aromatic N) is 5. The van der Waals surface area contributed by atoms with E-state index in [9.17, 15) is 14.4 Å². The van der Waals surface area contributed by atoms with Gasteiger partial charge in [-0.15, -0.1) is 11.3 Å². The molecule has 1 amide bonds. The van der Waals surface area contributed by atoms with Crippen molar-refractivity contribution in [3.8, 4) is 6.07 Å². The molecule has 0 bridgehead atoms. The summed E-state index contributed by atoms with van der Waals surface area (Å²) in [7, 11) is 0. The Bertz CT molecular complexity index is 1010. The molecule has 0 atom stereocenters. The number of amides is 1. The van der Waals surface area contributed by atoms with E-state index in [0.717, 1.165) is 31.4 Å². The van der Waals surface area contributed by atoms with Crippen LogP contribution in [0.1, 0.15) is 25.0 Å². The molecule has 0 spiro atoms. The number of aromatic nitrogens is 2. The summed E-state index contributed by atoms with van der Waals surface area (Å²) in [6.07, 6.45) is 4.30. The lowest BCUT2D eigenvalue weighted by Gasteiger charge is -2.41. The van der Waals surface area contributed by atoms with Crippen LogP contribution in [-0.2, 0) is 11.3 Å². The van der Waals surface area contributed by atoms with Gasteiger partial charge in [-0.25, -0.2) is 15.0 Å². The standard InChI is InChI=1S/C20H23FN8OS/c21-17-9-14(1-6-25-17)28-18(23)16(19(24)30)10-27-20(2-5-22)3-7-29(8-4-20)11-15-12-31-13-26-15/h1,6,9-10,12-13,27H,2-4,7-8,11H2,(H2,24,30)(H2,23,25,28)/b16-10+. The molecule has 3 heterocycles. The van der Waals surface area contributed by atoms with Crippen LogP contribution in [0.25, 0.3) is 0 Å². The zero-order chi connectivity index (χ0) is 22.3. The number of aliphatic imine (C=N–C) groups is 1. The number of amidine groups is 1. The van der Waals surface area contributed by atoms with Gasteiger partial charge < -0.3 is 16.8 Å². The van der Waals surface area contributed by atoms with Crippen LogP contribution < -0.4 is 16.8 Å². The van der Waals surface area contributed by atoms with E-state index >= 15 is 0 Å². The van der Waals surface area contributed by atoms with Gasteiger partial charge in [-0.05, 0) is 18.9 Å². The molecule has 0 aromatic carbocycles. The molecule has 162 valence electrons. The van der Waals surface area contributed by atoms with Crippen molar-refractivity contribution in [2.24, 2.45) is 16.5 Å². The summed E-state index contributed by atoms with van der Waals surface area (Å²) in [5, 5.41) is 14.6. The van der Waals surface area contributed by atoms with Gasteiger partial charge in [0.1, 0.15) is 5.84 Å². The van der Waals surface area contributed by atoms with Crippen molar-refractivity contribution in [2.45, 2.75) is 31.3 Å². The summed E-state index contributed by atoms with van der Waals surface area (Å²) in [4.78, 5) is 26.0. The first-order valence-corrected chi connectivity index (χ1v) is 10.6. The van der Waals surface area contributed by atoms with Gasteiger partial charge >= 0.3 is 0 Å². The number of nitrogens with one attached hydrogen (secondary N) is 1. The topological polar surface area (TPSA) is 146 Å². The number of likely N-dealkylation sites (tertiary alicyclic amines) is 1. The van der Waals surface area contributed by atoms with E-state index in [1.807, 2.05) is 10.9 Å². The number of carbonyl (C=O) groups is 1. The first-order valence-electron chi connectivity index (χ1n) is 9.61. The third kappa shape index (κ3) is 6.07. The molecule has 1 fully saturated rings. The molecular weight excluding hydrogens is 419 g/mol. The Morgan fingerprint density at radius 1 is 1.42 bits per heavy atom. The maximum atomic E-state index is 13.3. The minimum atomic E-state index is -0.781. The zero-order valence-electron chi connectivity index (χ0n) is 16.8. The lowest BCUT2D eigenvalue weighted by molar-refractivity contribution is -0.114. The summed E-state index contributed by atoms with van der Waals surface area (Å²) in [6.45, 7) is 2.30. The van der Waals surface area contributed by atoms with Gasteiger partial charge in [0.25, 0.3) is 5.91 Å². The SMILES string of the molecule is N#CCC1(N/C=C(/C(N)=O)C(N)=Nc2ccnc(F)c2)CCN(Cc2cscn2)CC1. The third-order valence-corrected chi connectivity index (χ3v) is 5.76. The van der Waals surface area contributed by atoms with E-state index in [0.29, 0.717) is 12.8 Å². The summed E-state index contributed by atoms with van der Waals surface area (Å²) < 4.78 is 13.3. The Hall–Kier alpha value is -3.36. The second kappa shape index (κ2) is 10.1. The van der Waals surface area contributed by atoms with Crippen LogP contribution >= 0.6 is 11.3 Å². The highest BCUT2D eigenvalue weighted by molar-refractivity contribution is 7.07. The average Bonchev–Trinajstić information content (AvgIpc) is 3.23. The summed E-state index contributed by atoms with van der Waals surface area (Å²) >= 11 is 1.56. The number of halogens is 1. The molecule has 31 heavy (non-hydrogen) atoms. The molecule has 1 aliphatic heterocycles. The number of hydrogen-bond acceptors (Lipinski definition) is 8. The second-order valence-electron chi connectivity index (χ2n) is 7.27. The number of carbonyl (C=O) groups excluding carboxylic acids is 1. The van der Waals surface area contributed by atoms with Crippen LogP contribution in [0.5, 0.6) is 0 Å². The quantitative estimate of drug-likeness (QED) is 0.243. The minimum Gasteiger partial charge on any atom is -0.384 e. The summed E-state index contributed by atoms with van der Waals surface area (Å²) in [5.74, 6) is -1.65. The van der Waals surface area contributed by atoms with Crippen molar-refractivity contribution in [3.05, 3.63) is 52.6 Å². The number of nitrogens with two attached hydrogens (primary N) is 2. The lowest BCUT2D eigenvalue weighted by atomic mass is 9.84. The molecule has 5 N–H and O–H groups in total. The highest BCUT2D eigenvalue weighted by atomic mass is 32.1. The normalized spacial score (nSPS) is 17.2. The lowest BCUT2D eigenvalue weighted by Crippen LogP contribution is -2.51. The number of piperidine rings is 1. The minimum absolute atomic E-state index is 0.0422. The van der Waals surface area contributed by atoms with Crippen molar-refractivity contribution in [1.82, 2.24) is 20.2 Å². The number of hydrogen-bond donors (Lipinski definition) is 3. The second-order valence-corrected chi connectivity index (χ2v) is 7.99. The van der Waals surface area contributed by atoms with Crippen LogP contribution in [0.3, 0.4) is 0 Å². The first kappa shape index (κ1) is 22.3. The summed E-state index contributed by atoms with van der Waals surface area (Å²) in [5.41, 5.74) is 13.9. The summed E-state index contributed by atoms with van der Waals surface area (Å²) in [6, 6.07) is 4.77. The first-order chi connectivity index (χ1) is 14.9. The van der Waals surface area contributed by atoms with Crippen LogP contribution in [0.15, 0.2) is 46.0 Å². The van der Waals surface area contributed by atoms with E-state index < -0.39 is 17.4 Å². The van der Waals surface area contributed by atoms with E-state index in [2.05, 4.69) is 31.2 Å². The van der Waals surface area contributed by atoms with Gasteiger partial charge in [0.2, 0.25) is 5.95 Å². The van der Waals surface area contributed by atoms with Gasteiger partial charge in [-0.3, -0.25) is 9.69 Å². The van der Waals surface area contributed by atoms with E-state index in [1.165, 1.54) is 18.5 Å². The molecular formula is C20H23FN8OS. The van der Waals surface area contributed by atoms with Crippen molar-refractivity contribution in [3.63, 3.8) is 0 Å². The molecule has 0 radical (unpaired) electrons. The Morgan fingerprint density at radius 2 is 2.19 bits per heavy atom. The molecule has 1 saturated heterocycles. The van der Waals surface area contributed by atoms with Crippen LogP contribution in [-0.4, -0.2) is 45.2 Å². The molecule has 0 unspecified atom stereocenters. The molecule has 3 rings (SSSR count). The van der Waals surface area contributed by atoms with Crippen molar-refractivity contribution >= 4 is 28.8 Å². The Kier molecular flexibility index (Phi) is 7.28. The zero-order valence-corrected chi connectivity index (χ0v) is 17.6. The average molecular weight is 443 g/mol. The smallest absolute Gasteiger partial charge is 0.253 e. The highest BCUT2D eigenvalue weighted by Crippen LogP contribution is 2.27. The van der Waals surface area contributed by atoms with Gasteiger partial charge in [0.15, 0.2) is 0 Å². The van der Waals surface area contributed by atoms with E-state index in [4.69, 9.17) is 11.5 Å². The molecule has 1 aliphatic rings. The molecule has 0 aliphatic carbocycles. The van der Waals surface area contributed by atoms with Gasteiger partial charge in [-0.1, -0.05) is 0 Å². The number of rotatable bonds is 8. The Balaban J connectivity index is 1.73. The van der Waals surface area contributed by atoms with Crippen molar-refractivity contribution < 1.29 is 9.18 Å². The van der Waals surface area contributed by atoms with Crippen molar-refractivity contribution in [2.75, 3.05) is 13.1 Å². The molecule has 9 nitrogen and oxygen atoms in total. The van der Waals surface area contributed by atoms with Gasteiger partial charge in [-0.2, -0.15) is 9.65 Å². The molecule has 0 saturated carbocycles. The number of pyridine rings is 1. The number of nitriles is 1. The number of primary amides is 1.